The molecule has 21 heavy (non-hydrogen) atoms. The molecule has 0 unspecified atom stereocenters. The second-order valence-electron chi connectivity index (χ2n) is 4.20. The largest absolute Gasteiger partial charge is 2.00 e. The molecular weight excluding hydrogens is 304 g/mol. The predicted molar refractivity (Wildman–Crippen MR) is 79.3 cm³/mol. The van der Waals surface area contributed by atoms with E-state index < -0.39 is 0 Å². The summed E-state index contributed by atoms with van der Waals surface area (Å²) in [5.41, 5.74) is 0.653. The Bertz CT molecular complexity index is 413. The Morgan fingerprint density at radius 2 is 1.48 bits per heavy atom. The summed E-state index contributed by atoms with van der Waals surface area (Å²) in [4.78, 5) is 11.9. The molecule has 0 aliphatic heterocycles. The van der Waals surface area contributed by atoms with Crippen LogP contribution in [0.15, 0.2) is 24.3 Å². The molecule has 2 fully saturated rings. The topological polar surface area (TPSA) is 26.3 Å². The number of ketones is 1. The van der Waals surface area contributed by atoms with Gasteiger partial charge in [-0.1, -0.05) is 12.1 Å². The molecule has 3 rings (SSSR count). The van der Waals surface area contributed by atoms with Crippen LogP contribution in [0.3, 0.4) is 0 Å². The Labute approximate surface area is 139 Å². The molecule has 0 spiro atoms. The molecule has 2 saturated carbocycles. The number of Topliss-reactive ketones (excluding diaryl/α,β-unsaturated/α-hetero) is 1. The molecule has 0 bridgehead atoms. The second kappa shape index (κ2) is 10.0. The van der Waals surface area contributed by atoms with E-state index >= 15 is 0 Å². The number of hydrogen-bond acceptors (Lipinski definition) is 2. The van der Waals surface area contributed by atoms with Gasteiger partial charge in [-0.15, -0.1) is 0 Å². The van der Waals surface area contributed by atoms with Gasteiger partial charge in [0.2, 0.25) is 0 Å². The maximum Gasteiger partial charge on any atom is 2.00 e. The zero-order valence-corrected chi connectivity index (χ0v) is 12.8. The van der Waals surface area contributed by atoms with Crippen LogP contribution in [0.4, 0.5) is 0 Å². The smallest absolute Gasteiger partial charge is 0.497 e. The summed E-state index contributed by atoms with van der Waals surface area (Å²) in [5.74, 6) is 1.44. The summed E-state index contributed by atoms with van der Waals surface area (Å²) >= 11 is 0. The minimum atomic E-state index is 0. The fraction of sp³-hybridized carbons (Fsp3) is 0.0556. The summed E-state index contributed by atoms with van der Waals surface area (Å²) in [5, 5.41) is 0. The number of carbonyl (C=O) groups is 1. The third-order valence-corrected chi connectivity index (χ3v) is 2.81. The number of rotatable bonds is 3. The number of hydrogen-bond donors (Lipinski definition) is 0. The van der Waals surface area contributed by atoms with E-state index in [0.29, 0.717) is 17.2 Å². The van der Waals surface area contributed by atoms with Crippen molar-refractivity contribution in [2.45, 2.75) is 0 Å². The average Bonchev–Trinajstić information content (AvgIpc) is 3.21. The van der Waals surface area contributed by atoms with Crippen molar-refractivity contribution < 1.29 is 26.6 Å². The first kappa shape index (κ1) is 18.3. The number of carbonyl (C=O) groups excluding carboxylic acids is 1. The molecule has 2 aliphatic rings. The van der Waals surface area contributed by atoms with Crippen LogP contribution in [0.5, 0.6) is 5.75 Å². The maximum atomic E-state index is 11.9. The zero-order chi connectivity index (χ0) is 14.2. The van der Waals surface area contributed by atoms with Gasteiger partial charge in [0, 0.05) is 5.56 Å². The minimum absolute atomic E-state index is 0. The number of benzene rings is 1. The van der Waals surface area contributed by atoms with Gasteiger partial charge in [0.1, 0.15) is 5.75 Å². The van der Waals surface area contributed by atoms with E-state index in [0.717, 1.165) is 0 Å². The van der Waals surface area contributed by atoms with Crippen molar-refractivity contribution in [2.75, 3.05) is 7.11 Å². The minimum Gasteiger partial charge on any atom is -0.497 e. The van der Waals surface area contributed by atoms with Gasteiger partial charge in [-0.3, -0.25) is 4.79 Å². The van der Waals surface area contributed by atoms with Gasteiger partial charge in [0.25, 0.3) is 0 Å². The molecule has 0 saturated heterocycles. The molecule has 1 aromatic rings. The number of ether oxygens (including phenoxy) is 1. The third-order valence-electron chi connectivity index (χ3n) is 2.81. The maximum absolute atomic E-state index is 11.9. The molecule has 1 aromatic carbocycles. The first-order valence-corrected chi connectivity index (χ1v) is 6.38. The van der Waals surface area contributed by atoms with E-state index in [-0.39, 0.29) is 22.9 Å². The molecule has 0 aromatic heterocycles. The standard InChI is InChI=1S/C13H11O2.C5H5.Fe/c1-15-12-8-4-7-11(9-12)13(14)10-5-2-3-6-10;1-2-4-5-3-1;/h2-9H,1H3;1-5H;/q;;+2. The van der Waals surface area contributed by atoms with Crippen molar-refractivity contribution in [1.29, 1.82) is 0 Å². The third kappa shape index (κ3) is 5.84. The second-order valence-corrected chi connectivity index (χ2v) is 4.20. The van der Waals surface area contributed by atoms with Crippen molar-refractivity contribution in [3.8, 4) is 5.75 Å². The van der Waals surface area contributed by atoms with E-state index in [1.807, 2.05) is 69.9 Å². The van der Waals surface area contributed by atoms with Crippen LogP contribution in [0.1, 0.15) is 10.4 Å². The Hall–Kier alpha value is -0.791. The molecule has 2 aliphatic carbocycles. The Balaban J connectivity index is 0.000000313. The van der Waals surface area contributed by atoms with Crippen LogP contribution in [0.25, 0.3) is 0 Å². The molecule has 10 radical (unpaired) electrons. The van der Waals surface area contributed by atoms with E-state index in [2.05, 4.69) is 0 Å². The van der Waals surface area contributed by atoms with E-state index in [4.69, 9.17) is 4.74 Å². The first-order chi connectivity index (χ1) is 9.81. The van der Waals surface area contributed by atoms with Gasteiger partial charge in [-0.25, -0.2) is 0 Å². The summed E-state index contributed by atoms with van der Waals surface area (Å²) in [6.07, 6.45) is 17.3. The Morgan fingerprint density at radius 3 is 2.00 bits per heavy atom. The van der Waals surface area contributed by atoms with Crippen molar-refractivity contribution >= 4 is 5.78 Å². The summed E-state index contributed by atoms with van der Waals surface area (Å²) in [6.45, 7) is 0. The van der Waals surface area contributed by atoms with Gasteiger partial charge in [-0.05, 0) is 69.9 Å². The predicted octanol–water partition coefficient (Wildman–Crippen LogP) is 3.30. The summed E-state index contributed by atoms with van der Waals surface area (Å²) in [6, 6.07) is 7.17. The summed E-state index contributed by atoms with van der Waals surface area (Å²) in [7, 11) is 1.59. The van der Waals surface area contributed by atoms with Crippen LogP contribution in [0.2, 0.25) is 0 Å². The van der Waals surface area contributed by atoms with Crippen LogP contribution >= 0.6 is 0 Å². The van der Waals surface area contributed by atoms with Crippen molar-refractivity contribution in [3.05, 3.63) is 93.5 Å². The quantitative estimate of drug-likeness (QED) is 0.631. The molecule has 106 valence electrons. The first-order valence-electron chi connectivity index (χ1n) is 6.38. The Kier molecular flexibility index (Phi) is 8.71. The van der Waals surface area contributed by atoms with E-state index in [9.17, 15) is 4.79 Å². The van der Waals surface area contributed by atoms with Gasteiger partial charge >= 0.3 is 17.1 Å². The number of methoxy groups -OCH3 is 1. The van der Waals surface area contributed by atoms with E-state index in [1.165, 1.54) is 0 Å². The van der Waals surface area contributed by atoms with Crippen molar-refractivity contribution in [3.63, 3.8) is 0 Å². The fourth-order valence-electron chi connectivity index (χ4n) is 1.78. The van der Waals surface area contributed by atoms with Gasteiger partial charge in [0.05, 0.1) is 13.0 Å². The van der Waals surface area contributed by atoms with Gasteiger partial charge in [0.15, 0.2) is 5.78 Å². The molecule has 0 heterocycles. The van der Waals surface area contributed by atoms with Crippen LogP contribution in [-0.2, 0) is 17.1 Å². The van der Waals surface area contributed by atoms with Crippen LogP contribution in [-0.4, -0.2) is 12.9 Å². The van der Waals surface area contributed by atoms with Gasteiger partial charge in [-0.2, -0.15) is 0 Å². The molecule has 0 atom stereocenters. The zero-order valence-electron chi connectivity index (χ0n) is 11.7. The van der Waals surface area contributed by atoms with E-state index in [1.54, 1.807) is 19.2 Å². The molecule has 3 heteroatoms. The average molecular weight is 320 g/mol. The fourth-order valence-corrected chi connectivity index (χ4v) is 1.78. The monoisotopic (exact) mass is 320 g/mol. The van der Waals surface area contributed by atoms with Crippen molar-refractivity contribution in [1.82, 2.24) is 0 Å². The molecular formula is C18H16FeO2+2. The normalized spacial score (nSPS) is 17.6. The Morgan fingerprint density at radius 1 is 0.905 bits per heavy atom. The molecule has 0 amide bonds. The molecule has 0 N–H and O–H groups in total. The van der Waals surface area contributed by atoms with Gasteiger partial charge < -0.3 is 4.74 Å². The van der Waals surface area contributed by atoms with Crippen molar-refractivity contribution in [2.24, 2.45) is 0 Å². The summed E-state index contributed by atoms with van der Waals surface area (Å²) < 4.78 is 5.07. The molecule has 2 nitrogen and oxygen atoms in total. The SMILES string of the molecule is COc1cccc(C(=O)[C]2[CH][CH][CH][CH]2)c1.[CH]1[CH][CH][CH][CH]1.[Fe+2]. The van der Waals surface area contributed by atoms with Crippen LogP contribution in [0, 0.1) is 63.7 Å². The van der Waals surface area contributed by atoms with Crippen LogP contribution < -0.4 is 4.74 Å².